The maximum Gasteiger partial charge on any atom is 0.132 e. The van der Waals surface area contributed by atoms with Gasteiger partial charge in [0.15, 0.2) is 0 Å². The Kier molecular flexibility index (Phi) is 6.65. The predicted octanol–water partition coefficient (Wildman–Crippen LogP) is 7.01. The van der Waals surface area contributed by atoms with Crippen LogP contribution in [0.4, 0.5) is 8.78 Å². The average molecular weight is 358 g/mol. The van der Waals surface area contributed by atoms with Gasteiger partial charge in [0.05, 0.1) is 0 Å². The van der Waals surface area contributed by atoms with Crippen molar-refractivity contribution in [2.24, 2.45) is 5.92 Å². The van der Waals surface area contributed by atoms with Crippen molar-refractivity contribution < 1.29 is 13.5 Å². The van der Waals surface area contributed by atoms with Gasteiger partial charge in [0.25, 0.3) is 0 Å². The van der Waals surface area contributed by atoms with E-state index < -0.39 is 11.6 Å². The van der Waals surface area contributed by atoms with E-state index in [0.717, 1.165) is 12.0 Å². The minimum Gasteiger partial charge on any atom is -0.489 e. The second-order valence-corrected chi connectivity index (χ2v) is 7.45. The van der Waals surface area contributed by atoms with Crippen molar-refractivity contribution in [1.29, 1.82) is 0 Å². The van der Waals surface area contributed by atoms with Crippen molar-refractivity contribution >= 4 is 0 Å². The van der Waals surface area contributed by atoms with Crippen molar-refractivity contribution in [3.63, 3.8) is 0 Å². The summed E-state index contributed by atoms with van der Waals surface area (Å²) in [6, 6.07) is 11.7. The van der Waals surface area contributed by atoms with Crippen LogP contribution in [0.3, 0.4) is 0 Å². The molecule has 26 heavy (non-hydrogen) atoms. The van der Waals surface area contributed by atoms with Crippen LogP contribution in [-0.2, 0) is 6.61 Å². The molecule has 2 aromatic carbocycles. The summed E-state index contributed by atoms with van der Waals surface area (Å²) in [6.07, 6.45) is 9.26. The highest BCUT2D eigenvalue weighted by atomic mass is 19.1. The zero-order chi connectivity index (χ0) is 18.4. The third kappa shape index (κ3) is 5.06. The Labute approximate surface area is 155 Å². The van der Waals surface area contributed by atoms with Crippen molar-refractivity contribution in [2.45, 2.75) is 64.4 Å². The van der Waals surface area contributed by atoms with Gasteiger partial charge in [0.1, 0.15) is 24.0 Å². The van der Waals surface area contributed by atoms with Crippen molar-refractivity contribution in [3.05, 3.63) is 65.2 Å². The van der Waals surface area contributed by atoms with Crippen LogP contribution in [0.25, 0.3) is 0 Å². The maximum absolute atomic E-state index is 13.6. The second kappa shape index (κ2) is 9.16. The SMILES string of the molecule is CCCCC1CCC(c2ccc(OCc3ccc(F)cc3F)cc2)CC1. The normalized spacial score (nSPS) is 20.1. The Morgan fingerprint density at radius 2 is 1.69 bits per heavy atom. The first-order valence-corrected chi connectivity index (χ1v) is 9.82. The minimum absolute atomic E-state index is 0.105. The molecule has 2 aromatic rings. The smallest absolute Gasteiger partial charge is 0.132 e. The molecule has 0 unspecified atom stereocenters. The van der Waals surface area contributed by atoms with E-state index in [-0.39, 0.29) is 6.61 Å². The topological polar surface area (TPSA) is 9.23 Å². The van der Waals surface area contributed by atoms with Gasteiger partial charge in [-0.25, -0.2) is 8.78 Å². The Morgan fingerprint density at radius 3 is 2.35 bits per heavy atom. The van der Waals surface area contributed by atoms with Crippen molar-refractivity contribution in [1.82, 2.24) is 0 Å². The van der Waals surface area contributed by atoms with E-state index in [2.05, 4.69) is 19.1 Å². The zero-order valence-electron chi connectivity index (χ0n) is 15.5. The van der Waals surface area contributed by atoms with E-state index in [9.17, 15) is 8.78 Å². The van der Waals surface area contributed by atoms with Gasteiger partial charge < -0.3 is 4.74 Å². The molecule has 0 aromatic heterocycles. The Morgan fingerprint density at radius 1 is 0.962 bits per heavy atom. The fourth-order valence-corrected chi connectivity index (χ4v) is 3.91. The molecule has 0 bridgehead atoms. The van der Waals surface area contributed by atoms with Crippen LogP contribution in [0.1, 0.15) is 68.9 Å². The molecule has 0 heterocycles. The summed E-state index contributed by atoms with van der Waals surface area (Å²) in [5.74, 6) is 1.14. The molecule has 0 spiro atoms. The molecule has 1 saturated carbocycles. The molecule has 0 N–H and O–H groups in total. The lowest BCUT2D eigenvalue weighted by atomic mass is 9.77. The molecule has 0 amide bonds. The molecule has 0 aliphatic heterocycles. The molecule has 1 fully saturated rings. The first-order valence-electron chi connectivity index (χ1n) is 9.82. The summed E-state index contributed by atoms with van der Waals surface area (Å²) in [5, 5.41) is 0. The van der Waals surface area contributed by atoms with Gasteiger partial charge in [-0.3, -0.25) is 0 Å². The molecule has 1 aliphatic rings. The summed E-state index contributed by atoms with van der Waals surface area (Å²) in [4.78, 5) is 0. The number of rotatable bonds is 7. The van der Waals surface area contributed by atoms with E-state index in [1.165, 1.54) is 62.6 Å². The lowest BCUT2D eigenvalue weighted by Gasteiger charge is -2.28. The number of hydrogen-bond donors (Lipinski definition) is 0. The standard InChI is InChI=1S/C23H28F2O/c1-2-3-4-17-5-7-18(8-6-17)19-10-13-22(14-11-19)26-16-20-9-12-21(24)15-23(20)25/h9-15,17-18H,2-8,16H2,1H3. The lowest BCUT2D eigenvalue weighted by molar-refractivity contribution is 0.297. The van der Waals surface area contributed by atoms with Crippen LogP contribution < -0.4 is 4.74 Å². The molecule has 3 heteroatoms. The fraction of sp³-hybridized carbons (Fsp3) is 0.478. The Bertz CT molecular complexity index is 688. The van der Waals surface area contributed by atoms with Gasteiger partial charge in [-0.15, -0.1) is 0 Å². The number of hydrogen-bond acceptors (Lipinski definition) is 1. The van der Waals surface area contributed by atoms with Gasteiger partial charge in [0, 0.05) is 11.6 Å². The molecular formula is C23H28F2O. The highest BCUT2D eigenvalue weighted by molar-refractivity contribution is 5.30. The number of ether oxygens (including phenoxy) is 1. The summed E-state index contributed by atoms with van der Waals surface area (Å²) in [5.41, 5.74) is 1.74. The number of benzene rings is 2. The van der Waals surface area contributed by atoms with Gasteiger partial charge >= 0.3 is 0 Å². The van der Waals surface area contributed by atoms with Crippen LogP contribution in [-0.4, -0.2) is 0 Å². The second-order valence-electron chi connectivity index (χ2n) is 7.45. The maximum atomic E-state index is 13.6. The average Bonchev–Trinajstić information content (AvgIpc) is 2.66. The predicted molar refractivity (Wildman–Crippen MR) is 101 cm³/mol. The summed E-state index contributed by atoms with van der Waals surface area (Å²) < 4.78 is 32.2. The number of unbranched alkanes of at least 4 members (excludes halogenated alkanes) is 1. The summed E-state index contributed by atoms with van der Waals surface area (Å²) in [7, 11) is 0. The first-order chi connectivity index (χ1) is 12.7. The quantitative estimate of drug-likeness (QED) is 0.517. The summed E-state index contributed by atoms with van der Waals surface area (Å²) >= 11 is 0. The van der Waals surface area contributed by atoms with Crippen LogP contribution in [0, 0.1) is 17.6 Å². The van der Waals surface area contributed by atoms with Gasteiger partial charge in [-0.05, 0) is 67.3 Å². The molecule has 0 radical (unpaired) electrons. The van der Waals surface area contributed by atoms with Crippen LogP contribution in [0.2, 0.25) is 0 Å². The third-order valence-corrected chi connectivity index (χ3v) is 5.57. The zero-order valence-corrected chi connectivity index (χ0v) is 15.5. The Hall–Kier alpha value is -1.90. The van der Waals surface area contributed by atoms with Gasteiger partial charge in [-0.2, -0.15) is 0 Å². The Balaban J connectivity index is 1.51. The number of halogens is 2. The molecule has 0 atom stereocenters. The minimum atomic E-state index is -0.569. The van der Waals surface area contributed by atoms with E-state index in [1.54, 1.807) is 0 Å². The molecular weight excluding hydrogens is 330 g/mol. The molecule has 1 aliphatic carbocycles. The lowest BCUT2D eigenvalue weighted by Crippen LogP contribution is -2.13. The molecule has 0 saturated heterocycles. The highest BCUT2D eigenvalue weighted by Gasteiger charge is 2.21. The molecule has 140 valence electrons. The van der Waals surface area contributed by atoms with Gasteiger partial charge in [-0.1, -0.05) is 38.3 Å². The largest absolute Gasteiger partial charge is 0.489 e. The van der Waals surface area contributed by atoms with E-state index in [4.69, 9.17) is 4.74 Å². The van der Waals surface area contributed by atoms with Crippen molar-refractivity contribution in [2.75, 3.05) is 0 Å². The summed E-state index contributed by atoms with van der Waals surface area (Å²) in [6.45, 7) is 2.37. The molecule has 1 nitrogen and oxygen atoms in total. The van der Waals surface area contributed by atoms with Crippen LogP contribution in [0.15, 0.2) is 42.5 Å². The van der Waals surface area contributed by atoms with Crippen LogP contribution in [0.5, 0.6) is 5.75 Å². The van der Waals surface area contributed by atoms with Gasteiger partial charge in [0.2, 0.25) is 0 Å². The monoisotopic (exact) mass is 358 g/mol. The highest BCUT2D eigenvalue weighted by Crippen LogP contribution is 2.38. The van der Waals surface area contributed by atoms with Crippen molar-refractivity contribution in [3.8, 4) is 5.75 Å². The fourth-order valence-electron chi connectivity index (χ4n) is 3.91. The van der Waals surface area contributed by atoms with E-state index >= 15 is 0 Å². The third-order valence-electron chi connectivity index (χ3n) is 5.57. The molecule has 3 rings (SSSR count). The van der Waals surface area contributed by atoms with E-state index in [0.29, 0.717) is 17.2 Å². The van der Waals surface area contributed by atoms with E-state index in [1.807, 2.05) is 12.1 Å². The first kappa shape index (κ1) is 18.9. The van der Waals surface area contributed by atoms with Crippen LogP contribution >= 0.6 is 0 Å².